The molecule has 0 aliphatic rings. The number of sulfonamides is 1. The number of aliphatic carboxylic acids is 1. The number of nitrogens with one attached hydrogen (secondary N) is 2. The highest BCUT2D eigenvalue weighted by molar-refractivity contribution is 7.89. The van der Waals surface area contributed by atoms with Crippen molar-refractivity contribution in [2.45, 2.75) is 30.7 Å². The molecular weight excluding hydrogens is 234 g/mol. The van der Waals surface area contributed by atoms with Gasteiger partial charge in [0.15, 0.2) is 0 Å². The largest absolute Gasteiger partial charge is 0.481 e. The number of carboxylic acids is 1. The number of aromatic nitrogens is 2. The fraction of sp³-hybridized carbons (Fsp3) is 0.500. The highest BCUT2D eigenvalue weighted by atomic mass is 32.2. The van der Waals surface area contributed by atoms with Crippen LogP contribution in [-0.2, 0) is 14.8 Å². The molecule has 0 atom stereocenters. The minimum Gasteiger partial charge on any atom is -0.481 e. The second-order valence-electron chi connectivity index (χ2n) is 3.99. The Bertz CT molecular complexity index is 463. The van der Waals surface area contributed by atoms with Crippen molar-refractivity contribution in [1.29, 1.82) is 0 Å². The molecule has 0 radical (unpaired) electrons. The smallest absolute Gasteiger partial charge is 0.305 e. The van der Waals surface area contributed by atoms with E-state index in [4.69, 9.17) is 5.11 Å². The van der Waals surface area contributed by atoms with Crippen molar-refractivity contribution in [3.8, 4) is 0 Å². The summed E-state index contributed by atoms with van der Waals surface area (Å²) in [6, 6.07) is 0. The molecule has 0 fully saturated rings. The molecule has 90 valence electrons. The Balaban J connectivity index is 2.85. The van der Waals surface area contributed by atoms with Crippen LogP contribution in [0, 0.1) is 0 Å². The van der Waals surface area contributed by atoms with Crippen molar-refractivity contribution >= 4 is 16.0 Å². The number of nitrogens with zero attached hydrogens (tertiary/aromatic N) is 1. The Labute approximate surface area is 92.9 Å². The molecule has 8 heteroatoms. The van der Waals surface area contributed by atoms with Crippen molar-refractivity contribution < 1.29 is 18.3 Å². The summed E-state index contributed by atoms with van der Waals surface area (Å²) >= 11 is 0. The molecule has 1 aromatic heterocycles. The van der Waals surface area contributed by atoms with Gasteiger partial charge in [-0.1, -0.05) is 0 Å². The molecule has 1 aromatic rings. The van der Waals surface area contributed by atoms with Gasteiger partial charge in [0.25, 0.3) is 0 Å². The van der Waals surface area contributed by atoms with E-state index in [1.165, 1.54) is 20.0 Å². The van der Waals surface area contributed by atoms with Gasteiger partial charge in [-0.2, -0.15) is 5.10 Å². The maximum Gasteiger partial charge on any atom is 0.305 e. The number of hydrogen-bond donors (Lipinski definition) is 3. The molecule has 0 aromatic carbocycles. The molecule has 0 bridgehead atoms. The van der Waals surface area contributed by atoms with E-state index >= 15 is 0 Å². The first-order valence-corrected chi connectivity index (χ1v) is 5.96. The summed E-state index contributed by atoms with van der Waals surface area (Å²) in [4.78, 5) is 10.5. The number of hydrogen-bond acceptors (Lipinski definition) is 4. The molecular formula is C8H13N3O4S. The maximum atomic E-state index is 11.7. The van der Waals surface area contributed by atoms with Crippen LogP contribution in [-0.4, -0.2) is 35.2 Å². The van der Waals surface area contributed by atoms with Crippen LogP contribution in [0.1, 0.15) is 20.3 Å². The van der Waals surface area contributed by atoms with Gasteiger partial charge in [0.05, 0.1) is 12.6 Å². The van der Waals surface area contributed by atoms with E-state index in [-0.39, 0.29) is 11.3 Å². The second-order valence-corrected chi connectivity index (χ2v) is 5.68. The summed E-state index contributed by atoms with van der Waals surface area (Å²) in [5.74, 6) is -1.07. The third-order valence-electron chi connectivity index (χ3n) is 1.79. The molecule has 1 heterocycles. The van der Waals surface area contributed by atoms with Gasteiger partial charge < -0.3 is 5.11 Å². The monoisotopic (exact) mass is 247 g/mol. The number of carbonyl (C=O) groups is 1. The van der Waals surface area contributed by atoms with Crippen LogP contribution in [0.4, 0.5) is 0 Å². The van der Waals surface area contributed by atoms with Crippen molar-refractivity contribution in [2.24, 2.45) is 0 Å². The zero-order valence-electron chi connectivity index (χ0n) is 8.89. The van der Waals surface area contributed by atoms with Crippen molar-refractivity contribution in [3.05, 3.63) is 12.4 Å². The van der Waals surface area contributed by atoms with Gasteiger partial charge in [-0.15, -0.1) is 0 Å². The van der Waals surface area contributed by atoms with Gasteiger partial charge in [-0.3, -0.25) is 9.89 Å². The fourth-order valence-corrected chi connectivity index (χ4v) is 2.54. The van der Waals surface area contributed by atoms with Crippen LogP contribution in [0.2, 0.25) is 0 Å². The maximum absolute atomic E-state index is 11.7. The third-order valence-corrected chi connectivity index (χ3v) is 3.45. The number of aromatic amines is 1. The van der Waals surface area contributed by atoms with E-state index in [2.05, 4.69) is 14.9 Å². The molecule has 0 aliphatic heterocycles. The molecule has 16 heavy (non-hydrogen) atoms. The molecule has 0 aliphatic carbocycles. The van der Waals surface area contributed by atoms with E-state index in [1.807, 2.05) is 0 Å². The summed E-state index contributed by atoms with van der Waals surface area (Å²) in [6.07, 6.45) is 2.07. The normalized spacial score (nSPS) is 12.6. The number of carboxylic acid groups (broad SMARTS) is 1. The van der Waals surface area contributed by atoms with Crippen LogP contribution in [0.25, 0.3) is 0 Å². The Morgan fingerprint density at radius 2 is 2.25 bits per heavy atom. The topological polar surface area (TPSA) is 112 Å². The first-order valence-electron chi connectivity index (χ1n) is 4.47. The summed E-state index contributed by atoms with van der Waals surface area (Å²) in [5, 5.41) is 14.5. The lowest BCUT2D eigenvalue weighted by molar-refractivity contribution is -0.138. The van der Waals surface area contributed by atoms with Crippen LogP contribution < -0.4 is 4.72 Å². The van der Waals surface area contributed by atoms with Crippen molar-refractivity contribution in [1.82, 2.24) is 14.9 Å². The summed E-state index contributed by atoms with van der Waals surface area (Å²) < 4.78 is 25.8. The first-order chi connectivity index (χ1) is 7.23. The lowest BCUT2D eigenvalue weighted by Gasteiger charge is -2.23. The van der Waals surface area contributed by atoms with E-state index in [0.29, 0.717) is 0 Å². The van der Waals surface area contributed by atoms with E-state index < -0.39 is 21.5 Å². The second kappa shape index (κ2) is 4.22. The van der Waals surface area contributed by atoms with Crippen LogP contribution in [0.3, 0.4) is 0 Å². The predicted molar refractivity (Wildman–Crippen MR) is 55.2 cm³/mol. The Hall–Kier alpha value is -1.41. The third kappa shape index (κ3) is 3.31. The minimum absolute atomic E-state index is 0.0223. The molecule has 0 saturated heterocycles. The highest BCUT2D eigenvalue weighted by Gasteiger charge is 2.28. The van der Waals surface area contributed by atoms with Gasteiger partial charge >= 0.3 is 5.97 Å². The van der Waals surface area contributed by atoms with Crippen LogP contribution >= 0.6 is 0 Å². The van der Waals surface area contributed by atoms with E-state index in [1.54, 1.807) is 0 Å². The fourth-order valence-electron chi connectivity index (χ4n) is 1.22. The molecule has 3 N–H and O–H groups in total. The van der Waals surface area contributed by atoms with Crippen LogP contribution in [0.15, 0.2) is 17.3 Å². The lowest BCUT2D eigenvalue weighted by atomic mass is 10.0. The number of rotatable bonds is 5. The van der Waals surface area contributed by atoms with Gasteiger partial charge in [-0.05, 0) is 13.8 Å². The zero-order valence-corrected chi connectivity index (χ0v) is 9.71. The van der Waals surface area contributed by atoms with Crippen molar-refractivity contribution in [3.63, 3.8) is 0 Å². The summed E-state index contributed by atoms with van der Waals surface area (Å²) in [5.41, 5.74) is -1.05. The van der Waals surface area contributed by atoms with Gasteiger partial charge in [-0.25, -0.2) is 13.1 Å². The summed E-state index contributed by atoms with van der Waals surface area (Å²) in [6.45, 7) is 3.00. The highest BCUT2D eigenvalue weighted by Crippen LogP contribution is 2.14. The van der Waals surface area contributed by atoms with Gasteiger partial charge in [0.2, 0.25) is 10.0 Å². The SMILES string of the molecule is CC(C)(CC(=O)O)NS(=O)(=O)c1cn[nH]c1. The predicted octanol–water partition coefficient (Wildman–Crippen LogP) is -0.0587. The van der Waals surface area contributed by atoms with Crippen molar-refractivity contribution in [2.75, 3.05) is 0 Å². The Morgan fingerprint density at radius 3 is 2.69 bits per heavy atom. The first kappa shape index (κ1) is 12.7. The van der Waals surface area contributed by atoms with E-state index in [9.17, 15) is 13.2 Å². The molecule has 0 saturated carbocycles. The Morgan fingerprint density at radius 1 is 1.62 bits per heavy atom. The standard InChI is InChI=1S/C8H13N3O4S/c1-8(2,3-7(12)13)11-16(14,15)6-4-9-10-5-6/h4-5,11H,3H2,1-2H3,(H,9,10)(H,12,13). The molecule has 0 unspecified atom stereocenters. The molecule has 0 amide bonds. The molecule has 1 rings (SSSR count). The molecule has 0 spiro atoms. The van der Waals surface area contributed by atoms with Crippen LogP contribution in [0.5, 0.6) is 0 Å². The van der Waals surface area contributed by atoms with E-state index in [0.717, 1.165) is 6.20 Å². The Kier molecular flexibility index (Phi) is 3.34. The van der Waals surface area contributed by atoms with Gasteiger partial charge in [0.1, 0.15) is 4.90 Å². The summed E-state index contributed by atoms with van der Waals surface area (Å²) in [7, 11) is -3.73. The average molecular weight is 247 g/mol. The zero-order chi connectivity index (χ0) is 12.4. The quantitative estimate of drug-likeness (QED) is 0.674. The minimum atomic E-state index is -3.73. The average Bonchev–Trinajstić information content (AvgIpc) is 2.48. The van der Waals surface area contributed by atoms with Gasteiger partial charge in [0, 0.05) is 11.7 Å². The number of H-pyrrole nitrogens is 1. The lowest BCUT2D eigenvalue weighted by Crippen LogP contribution is -2.44. The molecule has 7 nitrogen and oxygen atoms in total.